The molecule has 0 aromatic carbocycles. The summed E-state index contributed by atoms with van der Waals surface area (Å²) in [4.78, 5) is 19.4. The molecule has 0 fully saturated rings. The maximum atomic E-state index is 11.1. The van der Waals surface area contributed by atoms with Gasteiger partial charge in [-0.25, -0.2) is 9.97 Å². The first kappa shape index (κ1) is 15.0. The van der Waals surface area contributed by atoms with Crippen LogP contribution >= 0.6 is 0 Å². The summed E-state index contributed by atoms with van der Waals surface area (Å²) < 4.78 is 1.96. The number of hydrogen-bond acceptors (Lipinski definition) is 5. The summed E-state index contributed by atoms with van der Waals surface area (Å²) in [5.41, 5.74) is 0.463. The molecular weight excluding hydrogens is 270 g/mol. The van der Waals surface area contributed by atoms with Gasteiger partial charge in [0.25, 0.3) is 5.69 Å². The molecule has 112 valence electrons. The van der Waals surface area contributed by atoms with E-state index in [0.29, 0.717) is 17.9 Å². The van der Waals surface area contributed by atoms with Crippen molar-refractivity contribution in [2.24, 2.45) is 0 Å². The van der Waals surface area contributed by atoms with E-state index in [2.05, 4.69) is 22.2 Å². The number of aryl methyl sites for hydroxylation is 1. The number of anilines is 1. The number of aromatic nitrogens is 3. The van der Waals surface area contributed by atoms with Crippen molar-refractivity contribution >= 4 is 11.5 Å². The Morgan fingerprint density at radius 2 is 2.19 bits per heavy atom. The summed E-state index contributed by atoms with van der Waals surface area (Å²) in [6, 6.07) is 3.14. The average molecular weight is 289 g/mol. The highest BCUT2D eigenvalue weighted by Gasteiger charge is 2.18. The summed E-state index contributed by atoms with van der Waals surface area (Å²) in [5, 5.41) is 14.3. The molecule has 0 aliphatic heterocycles. The second-order valence-corrected chi connectivity index (χ2v) is 4.65. The van der Waals surface area contributed by atoms with Gasteiger partial charge in [-0.1, -0.05) is 6.92 Å². The number of nitrogens with one attached hydrogen (secondary N) is 1. The SMILES string of the molecule is CCCNc1ccc([N+](=O)[O-])c(Cc2nccn2CC)n1. The molecule has 2 heterocycles. The monoisotopic (exact) mass is 289 g/mol. The van der Waals surface area contributed by atoms with Gasteiger partial charge in [-0.15, -0.1) is 0 Å². The molecule has 2 rings (SSSR count). The Bertz CT molecular complexity index is 624. The quantitative estimate of drug-likeness (QED) is 0.625. The van der Waals surface area contributed by atoms with Gasteiger partial charge in [-0.3, -0.25) is 10.1 Å². The van der Waals surface area contributed by atoms with E-state index in [1.54, 1.807) is 12.3 Å². The molecule has 0 spiro atoms. The van der Waals surface area contributed by atoms with Gasteiger partial charge >= 0.3 is 0 Å². The first-order chi connectivity index (χ1) is 10.2. The van der Waals surface area contributed by atoms with Crippen LogP contribution in [-0.2, 0) is 13.0 Å². The van der Waals surface area contributed by atoms with E-state index in [0.717, 1.165) is 25.3 Å². The summed E-state index contributed by atoms with van der Waals surface area (Å²) in [6.45, 7) is 5.62. The third-order valence-corrected chi connectivity index (χ3v) is 3.17. The molecular formula is C14H19N5O2. The molecule has 0 radical (unpaired) electrons. The second-order valence-electron chi connectivity index (χ2n) is 4.65. The van der Waals surface area contributed by atoms with E-state index in [9.17, 15) is 10.1 Å². The lowest BCUT2D eigenvalue weighted by molar-refractivity contribution is -0.385. The van der Waals surface area contributed by atoms with E-state index < -0.39 is 4.92 Å². The largest absolute Gasteiger partial charge is 0.370 e. The van der Waals surface area contributed by atoms with Crippen molar-refractivity contribution in [2.75, 3.05) is 11.9 Å². The maximum Gasteiger partial charge on any atom is 0.291 e. The molecule has 0 aliphatic carbocycles. The molecule has 1 N–H and O–H groups in total. The van der Waals surface area contributed by atoms with Crippen LogP contribution in [0.25, 0.3) is 0 Å². The van der Waals surface area contributed by atoms with Crippen LogP contribution in [-0.4, -0.2) is 26.0 Å². The summed E-state index contributed by atoms with van der Waals surface area (Å²) in [5.74, 6) is 1.44. The fourth-order valence-corrected chi connectivity index (χ4v) is 2.09. The Hall–Kier alpha value is -2.44. The van der Waals surface area contributed by atoms with Gasteiger partial charge in [0.15, 0.2) is 0 Å². The van der Waals surface area contributed by atoms with Crippen molar-refractivity contribution in [1.29, 1.82) is 0 Å². The maximum absolute atomic E-state index is 11.1. The van der Waals surface area contributed by atoms with Crippen LogP contribution in [0.4, 0.5) is 11.5 Å². The van der Waals surface area contributed by atoms with Crippen molar-refractivity contribution in [3.05, 3.63) is 46.2 Å². The van der Waals surface area contributed by atoms with Gasteiger partial charge < -0.3 is 9.88 Å². The molecule has 0 amide bonds. The standard InChI is InChI=1S/C14H19N5O2/c1-3-7-15-13-6-5-12(19(20)21)11(17-13)10-14-16-8-9-18(14)4-2/h5-6,8-9H,3-4,7,10H2,1-2H3,(H,15,17). The topological polar surface area (TPSA) is 85.9 Å². The molecule has 7 nitrogen and oxygen atoms in total. The van der Waals surface area contributed by atoms with E-state index in [1.165, 1.54) is 6.07 Å². The normalized spacial score (nSPS) is 10.6. The van der Waals surface area contributed by atoms with Crippen molar-refractivity contribution in [3.63, 3.8) is 0 Å². The number of nitrogens with zero attached hydrogens (tertiary/aromatic N) is 4. The van der Waals surface area contributed by atoms with Crippen LogP contribution < -0.4 is 5.32 Å². The summed E-state index contributed by atoms with van der Waals surface area (Å²) in [7, 11) is 0. The molecule has 2 aromatic rings. The Morgan fingerprint density at radius 3 is 2.86 bits per heavy atom. The second kappa shape index (κ2) is 6.83. The van der Waals surface area contributed by atoms with Crippen molar-refractivity contribution in [1.82, 2.24) is 14.5 Å². The minimum atomic E-state index is -0.398. The van der Waals surface area contributed by atoms with E-state index >= 15 is 0 Å². The number of hydrogen-bond donors (Lipinski definition) is 1. The van der Waals surface area contributed by atoms with Gasteiger partial charge in [0.05, 0.1) is 11.3 Å². The zero-order valence-electron chi connectivity index (χ0n) is 12.2. The van der Waals surface area contributed by atoms with Crippen LogP contribution in [0.15, 0.2) is 24.5 Å². The molecule has 0 unspecified atom stereocenters. The van der Waals surface area contributed by atoms with Gasteiger partial charge in [0.2, 0.25) is 0 Å². The fourth-order valence-electron chi connectivity index (χ4n) is 2.09. The molecule has 21 heavy (non-hydrogen) atoms. The lowest BCUT2D eigenvalue weighted by Crippen LogP contribution is -2.08. The van der Waals surface area contributed by atoms with Crippen molar-refractivity contribution < 1.29 is 4.92 Å². The lowest BCUT2D eigenvalue weighted by atomic mass is 10.2. The zero-order chi connectivity index (χ0) is 15.2. The molecule has 0 atom stereocenters. The first-order valence-electron chi connectivity index (χ1n) is 7.03. The van der Waals surface area contributed by atoms with Crippen LogP contribution in [0.2, 0.25) is 0 Å². The minimum Gasteiger partial charge on any atom is -0.370 e. The number of imidazole rings is 1. The van der Waals surface area contributed by atoms with Crippen molar-refractivity contribution in [2.45, 2.75) is 33.2 Å². The average Bonchev–Trinajstić information content (AvgIpc) is 2.92. The smallest absolute Gasteiger partial charge is 0.291 e. The Labute approximate surface area is 123 Å². The van der Waals surface area contributed by atoms with Gasteiger partial charge in [0.1, 0.15) is 17.3 Å². The van der Waals surface area contributed by atoms with Crippen LogP contribution in [0.5, 0.6) is 0 Å². The molecule has 0 saturated carbocycles. The molecule has 0 bridgehead atoms. The predicted octanol–water partition coefficient (Wildman–Crippen LogP) is 2.62. The van der Waals surface area contributed by atoms with Crippen molar-refractivity contribution in [3.8, 4) is 0 Å². The highest BCUT2D eigenvalue weighted by Crippen LogP contribution is 2.21. The third-order valence-electron chi connectivity index (χ3n) is 3.17. The minimum absolute atomic E-state index is 0.0303. The number of nitro groups is 1. The molecule has 2 aromatic heterocycles. The predicted molar refractivity (Wildman–Crippen MR) is 80.4 cm³/mol. The van der Waals surface area contributed by atoms with Gasteiger partial charge in [0, 0.05) is 31.5 Å². The van der Waals surface area contributed by atoms with Crippen LogP contribution in [0.3, 0.4) is 0 Å². The zero-order valence-corrected chi connectivity index (χ0v) is 12.2. The van der Waals surface area contributed by atoms with Gasteiger partial charge in [-0.2, -0.15) is 0 Å². The van der Waals surface area contributed by atoms with Crippen LogP contribution in [0.1, 0.15) is 31.8 Å². The van der Waals surface area contributed by atoms with Crippen LogP contribution in [0, 0.1) is 10.1 Å². The summed E-state index contributed by atoms with van der Waals surface area (Å²) >= 11 is 0. The Morgan fingerprint density at radius 1 is 1.38 bits per heavy atom. The van der Waals surface area contributed by atoms with E-state index in [-0.39, 0.29) is 5.69 Å². The highest BCUT2D eigenvalue weighted by atomic mass is 16.6. The lowest BCUT2D eigenvalue weighted by Gasteiger charge is -2.08. The first-order valence-corrected chi connectivity index (χ1v) is 7.03. The number of rotatable bonds is 7. The summed E-state index contributed by atoms with van der Waals surface area (Å²) in [6.07, 6.45) is 4.87. The van der Waals surface area contributed by atoms with E-state index in [1.807, 2.05) is 17.7 Å². The fraction of sp³-hybridized carbons (Fsp3) is 0.429. The van der Waals surface area contributed by atoms with E-state index in [4.69, 9.17) is 0 Å². The molecule has 0 saturated heterocycles. The Kier molecular flexibility index (Phi) is 4.86. The Balaban J connectivity index is 2.32. The molecule has 0 aliphatic rings. The van der Waals surface area contributed by atoms with Gasteiger partial charge in [-0.05, 0) is 19.4 Å². The third kappa shape index (κ3) is 3.56. The highest BCUT2D eigenvalue weighted by molar-refractivity contribution is 5.46. The molecule has 7 heteroatoms. The number of pyridine rings is 1.